The molecular formula is C19H21FN3O2+. The minimum atomic E-state index is -0.373. The van der Waals surface area contributed by atoms with E-state index in [1.54, 1.807) is 12.1 Å². The molecule has 0 radical (unpaired) electrons. The lowest BCUT2D eigenvalue weighted by molar-refractivity contribution is -0.908. The van der Waals surface area contributed by atoms with E-state index in [-0.39, 0.29) is 30.2 Å². The molecule has 0 aromatic heterocycles. The minimum absolute atomic E-state index is 0.00737. The number of rotatable bonds is 4. The molecule has 0 spiro atoms. The van der Waals surface area contributed by atoms with Crippen LogP contribution in [0.4, 0.5) is 15.8 Å². The van der Waals surface area contributed by atoms with E-state index < -0.39 is 0 Å². The Hall–Kier alpha value is -2.73. The van der Waals surface area contributed by atoms with Crippen LogP contribution in [0.1, 0.15) is 12.5 Å². The monoisotopic (exact) mass is 342 g/mol. The average molecular weight is 342 g/mol. The second-order valence-corrected chi connectivity index (χ2v) is 6.36. The Morgan fingerprint density at radius 2 is 2.04 bits per heavy atom. The van der Waals surface area contributed by atoms with Gasteiger partial charge in [-0.15, -0.1) is 0 Å². The van der Waals surface area contributed by atoms with E-state index in [9.17, 15) is 14.0 Å². The summed E-state index contributed by atoms with van der Waals surface area (Å²) in [5, 5.41) is 2.78. The Kier molecular flexibility index (Phi) is 4.81. The van der Waals surface area contributed by atoms with E-state index in [4.69, 9.17) is 0 Å². The van der Waals surface area contributed by atoms with Gasteiger partial charge in [-0.1, -0.05) is 24.3 Å². The highest BCUT2D eigenvalue weighted by Crippen LogP contribution is 2.29. The van der Waals surface area contributed by atoms with Gasteiger partial charge >= 0.3 is 0 Å². The number of halogens is 1. The van der Waals surface area contributed by atoms with Crippen molar-refractivity contribution in [2.75, 3.05) is 23.8 Å². The lowest BCUT2D eigenvalue weighted by atomic mass is 10.1. The van der Waals surface area contributed by atoms with Crippen LogP contribution >= 0.6 is 0 Å². The van der Waals surface area contributed by atoms with Crippen molar-refractivity contribution in [1.29, 1.82) is 0 Å². The number of benzene rings is 2. The number of para-hydroxylation sites is 2. The van der Waals surface area contributed by atoms with E-state index in [0.29, 0.717) is 17.9 Å². The van der Waals surface area contributed by atoms with Gasteiger partial charge in [0.25, 0.3) is 5.91 Å². The number of carbonyl (C=O) groups excluding carboxylic acids is 2. The molecule has 0 fully saturated rings. The molecule has 2 amide bonds. The molecule has 2 atom stereocenters. The molecule has 25 heavy (non-hydrogen) atoms. The van der Waals surface area contributed by atoms with Crippen molar-refractivity contribution in [3.8, 4) is 0 Å². The third-order valence-electron chi connectivity index (χ3n) is 4.52. The van der Waals surface area contributed by atoms with Crippen molar-refractivity contribution in [3.05, 3.63) is 59.9 Å². The van der Waals surface area contributed by atoms with Crippen LogP contribution in [0.5, 0.6) is 0 Å². The predicted molar refractivity (Wildman–Crippen MR) is 93.9 cm³/mol. The van der Waals surface area contributed by atoms with Crippen LogP contribution in [0.2, 0.25) is 0 Å². The van der Waals surface area contributed by atoms with Gasteiger partial charge in [-0.05, 0) is 31.2 Å². The van der Waals surface area contributed by atoms with Gasteiger partial charge in [0.2, 0.25) is 5.91 Å². The molecule has 0 bridgehead atoms. The molecule has 1 aliphatic heterocycles. The van der Waals surface area contributed by atoms with Crippen LogP contribution in [0, 0.1) is 5.82 Å². The zero-order chi connectivity index (χ0) is 18.0. The Balaban J connectivity index is 1.77. The Morgan fingerprint density at radius 3 is 2.80 bits per heavy atom. The quantitative estimate of drug-likeness (QED) is 0.878. The van der Waals surface area contributed by atoms with Gasteiger partial charge in [-0.25, -0.2) is 4.39 Å². The highest BCUT2D eigenvalue weighted by Gasteiger charge is 2.33. The van der Waals surface area contributed by atoms with Gasteiger partial charge in [-0.3, -0.25) is 14.5 Å². The zero-order valence-corrected chi connectivity index (χ0v) is 14.3. The SMILES string of the molecule is C[C@H](C(=O)N1CC(=O)Nc2ccccc21)[NH+](C)Cc1cccc(F)c1. The second-order valence-electron chi connectivity index (χ2n) is 6.36. The molecule has 130 valence electrons. The molecule has 0 saturated carbocycles. The van der Waals surface area contributed by atoms with Crippen LogP contribution in [-0.4, -0.2) is 31.4 Å². The fraction of sp³-hybridized carbons (Fsp3) is 0.263. The maximum atomic E-state index is 13.3. The molecule has 1 unspecified atom stereocenters. The zero-order valence-electron chi connectivity index (χ0n) is 14.3. The van der Waals surface area contributed by atoms with Crippen molar-refractivity contribution < 1.29 is 18.9 Å². The van der Waals surface area contributed by atoms with Gasteiger partial charge in [0.05, 0.1) is 18.4 Å². The van der Waals surface area contributed by atoms with Gasteiger partial charge in [0.1, 0.15) is 18.9 Å². The molecule has 6 heteroatoms. The largest absolute Gasteiger partial charge is 0.324 e. The third-order valence-corrected chi connectivity index (χ3v) is 4.52. The number of hydrogen-bond donors (Lipinski definition) is 2. The van der Waals surface area contributed by atoms with Crippen molar-refractivity contribution in [2.24, 2.45) is 0 Å². The topological polar surface area (TPSA) is 53.9 Å². The lowest BCUT2D eigenvalue weighted by Crippen LogP contribution is -3.12. The molecular weight excluding hydrogens is 321 g/mol. The summed E-state index contributed by atoms with van der Waals surface area (Å²) in [5.41, 5.74) is 2.17. The summed E-state index contributed by atoms with van der Waals surface area (Å²) in [4.78, 5) is 27.3. The first-order valence-electron chi connectivity index (χ1n) is 8.22. The van der Waals surface area contributed by atoms with Crippen molar-refractivity contribution in [2.45, 2.75) is 19.5 Å². The summed E-state index contributed by atoms with van der Waals surface area (Å²) in [6.45, 7) is 2.35. The Morgan fingerprint density at radius 1 is 1.28 bits per heavy atom. The highest BCUT2D eigenvalue weighted by atomic mass is 19.1. The first kappa shape index (κ1) is 17.1. The fourth-order valence-corrected chi connectivity index (χ4v) is 3.00. The summed E-state index contributed by atoms with van der Waals surface area (Å²) in [7, 11) is 1.89. The molecule has 2 aromatic rings. The molecule has 2 N–H and O–H groups in total. The van der Waals surface area contributed by atoms with Crippen LogP contribution in [-0.2, 0) is 16.1 Å². The number of likely N-dealkylation sites (N-methyl/N-ethyl adjacent to an activating group) is 1. The average Bonchev–Trinajstić information content (AvgIpc) is 2.59. The van der Waals surface area contributed by atoms with E-state index in [1.807, 2.05) is 38.2 Å². The normalized spacial score (nSPS) is 16.0. The fourth-order valence-electron chi connectivity index (χ4n) is 3.00. The van der Waals surface area contributed by atoms with Crippen LogP contribution in [0.25, 0.3) is 0 Å². The summed E-state index contributed by atoms with van der Waals surface area (Å²) in [5.74, 6) is -0.621. The summed E-state index contributed by atoms with van der Waals surface area (Å²) in [6.07, 6.45) is 0. The highest BCUT2D eigenvalue weighted by molar-refractivity contribution is 6.10. The first-order chi connectivity index (χ1) is 12.0. The number of hydrogen-bond acceptors (Lipinski definition) is 2. The number of fused-ring (bicyclic) bond motifs is 1. The molecule has 3 rings (SSSR count). The second kappa shape index (κ2) is 7.03. The van der Waals surface area contributed by atoms with Crippen LogP contribution in [0.15, 0.2) is 48.5 Å². The number of nitrogens with zero attached hydrogens (tertiary/aromatic N) is 1. The van der Waals surface area contributed by atoms with E-state index in [2.05, 4.69) is 5.32 Å². The van der Waals surface area contributed by atoms with Crippen LogP contribution < -0.4 is 15.1 Å². The minimum Gasteiger partial charge on any atom is -0.324 e. The van der Waals surface area contributed by atoms with Crippen LogP contribution in [0.3, 0.4) is 0 Å². The van der Waals surface area contributed by atoms with Gasteiger partial charge in [0.15, 0.2) is 6.04 Å². The molecule has 0 saturated heterocycles. The van der Waals surface area contributed by atoms with Gasteiger partial charge in [-0.2, -0.15) is 0 Å². The molecule has 1 aliphatic rings. The molecule has 0 aliphatic carbocycles. The number of amides is 2. The smallest absolute Gasteiger partial charge is 0.285 e. The summed E-state index contributed by atoms with van der Waals surface area (Å²) < 4.78 is 13.3. The number of quaternary nitrogens is 1. The Bertz CT molecular complexity index is 809. The first-order valence-corrected chi connectivity index (χ1v) is 8.22. The Labute approximate surface area is 146 Å². The number of anilines is 2. The van der Waals surface area contributed by atoms with Gasteiger partial charge in [0, 0.05) is 5.56 Å². The lowest BCUT2D eigenvalue weighted by Gasteiger charge is -2.32. The molecule has 5 nitrogen and oxygen atoms in total. The van der Waals surface area contributed by atoms with Crippen molar-refractivity contribution >= 4 is 23.2 Å². The maximum absolute atomic E-state index is 13.3. The standard InChI is InChI=1S/C19H20FN3O2/c1-13(22(2)11-14-6-5-7-15(20)10-14)19(25)23-12-18(24)21-16-8-3-4-9-17(16)23/h3-10,13H,11-12H2,1-2H3,(H,21,24)/p+1/t13-/m1/s1. The number of nitrogens with one attached hydrogen (secondary N) is 2. The number of carbonyl (C=O) groups is 2. The van der Waals surface area contributed by atoms with E-state index in [0.717, 1.165) is 10.5 Å². The van der Waals surface area contributed by atoms with Crippen molar-refractivity contribution in [1.82, 2.24) is 0 Å². The van der Waals surface area contributed by atoms with Gasteiger partial charge < -0.3 is 10.2 Å². The third kappa shape index (κ3) is 3.69. The van der Waals surface area contributed by atoms with Crippen molar-refractivity contribution in [3.63, 3.8) is 0 Å². The molecule has 1 heterocycles. The molecule has 2 aromatic carbocycles. The van der Waals surface area contributed by atoms with E-state index >= 15 is 0 Å². The van der Waals surface area contributed by atoms with E-state index in [1.165, 1.54) is 17.0 Å². The maximum Gasteiger partial charge on any atom is 0.285 e. The predicted octanol–water partition coefficient (Wildman–Crippen LogP) is 1.21. The summed E-state index contributed by atoms with van der Waals surface area (Å²) >= 11 is 0. The summed E-state index contributed by atoms with van der Waals surface area (Å²) in [6, 6.07) is 13.3.